The summed E-state index contributed by atoms with van der Waals surface area (Å²) in [5, 5.41) is 9.34. The number of ether oxygens (including phenoxy) is 1. The topological polar surface area (TPSA) is 69.0 Å². The molecule has 0 unspecified atom stereocenters. The number of thiophene rings is 1. The number of amides is 1. The summed E-state index contributed by atoms with van der Waals surface area (Å²) in [5.41, 5.74) is 3.66. The van der Waals surface area contributed by atoms with Crippen molar-refractivity contribution in [3.63, 3.8) is 0 Å². The lowest BCUT2D eigenvalue weighted by atomic mass is 10.1. The average Bonchev–Trinajstić information content (AvgIpc) is 3.39. The number of rotatable bonds is 6. The van der Waals surface area contributed by atoms with Crippen molar-refractivity contribution in [2.24, 2.45) is 0 Å². The monoisotopic (exact) mass is 418 g/mol. The Labute approximate surface area is 179 Å². The third-order valence-corrected chi connectivity index (χ3v) is 5.22. The fourth-order valence-corrected chi connectivity index (χ4v) is 3.53. The summed E-state index contributed by atoms with van der Waals surface area (Å²) in [4.78, 5) is 17.5. The van der Waals surface area contributed by atoms with E-state index in [2.05, 4.69) is 15.4 Å². The zero-order valence-corrected chi connectivity index (χ0v) is 17.8. The minimum absolute atomic E-state index is 0.0263. The molecule has 152 valence electrons. The highest BCUT2D eigenvalue weighted by atomic mass is 32.1. The second-order valence-electron chi connectivity index (χ2n) is 7.14. The zero-order chi connectivity index (χ0) is 21.1. The summed E-state index contributed by atoms with van der Waals surface area (Å²) in [6.07, 6.45) is -0.0263. The average molecular weight is 419 g/mol. The van der Waals surface area contributed by atoms with Crippen LogP contribution in [0.4, 0.5) is 5.69 Å². The molecule has 4 rings (SSSR count). The number of carbonyl (C=O) groups excluding carboxylic acids is 1. The third kappa shape index (κ3) is 4.41. The Balaban J connectivity index is 1.64. The third-order valence-electron chi connectivity index (χ3n) is 4.35. The van der Waals surface area contributed by atoms with Gasteiger partial charge in [0.2, 0.25) is 0 Å². The van der Waals surface area contributed by atoms with Crippen LogP contribution in [0.5, 0.6) is 6.01 Å². The van der Waals surface area contributed by atoms with Crippen LogP contribution in [0.1, 0.15) is 29.1 Å². The Hall–Kier alpha value is -3.45. The molecule has 0 aliphatic rings. The molecular weight excluding hydrogens is 396 g/mol. The molecule has 0 atom stereocenters. The largest absolute Gasteiger partial charge is 0.460 e. The molecule has 0 aliphatic heterocycles. The molecule has 4 aromatic rings. The predicted octanol–water partition coefficient (Wildman–Crippen LogP) is 5.34. The van der Waals surface area contributed by atoms with Crippen LogP contribution in [0, 0.1) is 6.92 Å². The second kappa shape index (κ2) is 8.51. The fourth-order valence-electron chi connectivity index (χ4n) is 2.91. The van der Waals surface area contributed by atoms with Crippen molar-refractivity contribution < 1.29 is 9.53 Å². The van der Waals surface area contributed by atoms with Crippen LogP contribution >= 0.6 is 11.3 Å². The van der Waals surface area contributed by atoms with Crippen LogP contribution in [0.2, 0.25) is 0 Å². The van der Waals surface area contributed by atoms with Crippen molar-refractivity contribution in [1.82, 2.24) is 14.8 Å². The Morgan fingerprint density at radius 1 is 1.07 bits per heavy atom. The standard InChI is InChI=1S/C23H22N4O2S/c1-15(2)29-23-25-21(17-8-6-16(3)7-9-17)27(26-23)19-12-10-18(11-13-19)24-22(28)20-5-4-14-30-20/h4-15H,1-3H3,(H,24,28). The van der Waals surface area contributed by atoms with Crippen molar-refractivity contribution in [1.29, 1.82) is 0 Å². The van der Waals surface area contributed by atoms with Gasteiger partial charge in [-0.15, -0.1) is 16.4 Å². The molecule has 2 aromatic heterocycles. The first-order chi connectivity index (χ1) is 14.5. The molecule has 7 heteroatoms. The predicted molar refractivity (Wildman–Crippen MR) is 120 cm³/mol. The fraction of sp³-hybridized carbons (Fsp3) is 0.174. The lowest BCUT2D eigenvalue weighted by molar-refractivity contribution is 0.103. The summed E-state index contributed by atoms with van der Waals surface area (Å²) in [7, 11) is 0. The Bertz CT molecular complexity index is 1130. The maximum Gasteiger partial charge on any atom is 0.336 e. The first-order valence-corrected chi connectivity index (χ1v) is 10.5. The molecule has 0 radical (unpaired) electrons. The summed E-state index contributed by atoms with van der Waals surface area (Å²) in [6.45, 7) is 5.93. The van der Waals surface area contributed by atoms with Crippen molar-refractivity contribution in [2.75, 3.05) is 5.32 Å². The highest BCUT2D eigenvalue weighted by Crippen LogP contribution is 2.25. The first kappa shape index (κ1) is 19.8. The Morgan fingerprint density at radius 2 is 1.80 bits per heavy atom. The van der Waals surface area contributed by atoms with Gasteiger partial charge in [0.25, 0.3) is 5.91 Å². The zero-order valence-electron chi connectivity index (χ0n) is 17.0. The Kier molecular flexibility index (Phi) is 5.63. The van der Waals surface area contributed by atoms with Gasteiger partial charge >= 0.3 is 6.01 Å². The van der Waals surface area contributed by atoms with Crippen LogP contribution in [0.25, 0.3) is 17.1 Å². The maximum absolute atomic E-state index is 12.3. The van der Waals surface area contributed by atoms with Gasteiger partial charge in [-0.25, -0.2) is 4.68 Å². The van der Waals surface area contributed by atoms with E-state index in [9.17, 15) is 4.79 Å². The van der Waals surface area contributed by atoms with Gasteiger partial charge in [-0.1, -0.05) is 35.9 Å². The highest BCUT2D eigenvalue weighted by molar-refractivity contribution is 7.12. The molecule has 0 spiro atoms. The minimum Gasteiger partial charge on any atom is -0.460 e. The van der Waals surface area contributed by atoms with Crippen molar-refractivity contribution in [3.05, 3.63) is 76.5 Å². The van der Waals surface area contributed by atoms with E-state index in [1.165, 1.54) is 16.9 Å². The van der Waals surface area contributed by atoms with Crippen LogP contribution in [0.15, 0.2) is 66.0 Å². The molecule has 1 N–H and O–H groups in total. The number of aryl methyl sites for hydroxylation is 1. The molecule has 0 aliphatic carbocycles. The lowest BCUT2D eigenvalue weighted by Crippen LogP contribution is -2.10. The van der Waals surface area contributed by atoms with Gasteiger partial charge in [0, 0.05) is 11.3 Å². The molecule has 2 aromatic carbocycles. The number of anilines is 1. The number of nitrogens with one attached hydrogen (secondary N) is 1. The molecular formula is C23H22N4O2S. The summed E-state index contributed by atoms with van der Waals surface area (Å²) >= 11 is 1.41. The second-order valence-corrected chi connectivity index (χ2v) is 8.09. The van der Waals surface area contributed by atoms with Crippen LogP contribution in [-0.2, 0) is 0 Å². The molecule has 2 heterocycles. The molecule has 1 amide bonds. The quantitative estimate of drug-likeness (QED) is 0.459. The van der Waals surface area contributed by atoms with Gasteiger partial charge in [-0.3, -0.25) is 4.79 Å². The van der Waals surface area contributed by atoms with E-state index in [1.807, 2.05) is 80.7 Å². The Morgan fingerprint density at radius 3 is 2.43 bits per heavy atom. The number of benzene rings is 2. The van der Waals surface area contributed by atoms with Gasteiger partial charge in [-0.2, -0.15) is 4.98 Å². The summed E-state index contributed by atoms with van der Waals surface area (Å²) in [6, 6.07) is 19.6. The van der Waals surface area contributed by atoms with Gasteiger partial charge in [-0.05, 0) is 56.5 Å². The van der Waals surface area contributed by atoms with E-state index in [4.69, 9.17) is 4.74 Å². The molecule has 30 heavy (non-hydrogen) atoms. The lowest BCUT2D eigenvalue weighted by Gasteiger charge is -2.08. The number of hydrogen-bond donors (Lipinski definition) is 1. The number of nitrogens with zero attached hydrogens (tertiary/aromatic N) is 3. The molecule has 0 saturated heterocycles. The van der Waals surface area contributed by atoms with E-state index in [0.29, 0.717) is 22.4 Å². The number of hydrogen-bond acceptors (Lipinski definition) is 5. The van der Waals surface area contributed by atoms with Crippen molar-refractivity contribution >= 4 is 22.9 Å². The minimum atomic E-state index is -0.119. The van der Waals surface area contributed by atoms with E-state index >= 15 is 0 Å². The normalized spacial score (nSPS) is 10.9. The smallest absolute Gasteiger partial charge is 0.336 e. The highest BCUT2D eigenvalue weighted by Gasteiger charge is 2.16. The van der Waals surface area contributed by atoms with Gasteiger partial charge in [0.15, 0.2) is 5.82 Å². The van der Waals surface area contributed by atoms with Crippen molar-refractivity contribution in [2.45, 2.75) is 26.9 Å². The van der Waals surface area contributed by atoms with Gasteiger partial charge in [0.1, 0.15) is 0 Å². The van der Waals surface area contributed by atoms with E-state index < -0.39 is 0 Å². The van der Waals surface area contributed by atoms with E-state index in [-0.39, 0.29) is 12.0 Å². The van der Waals surface area contributed by atoms with Crippen LogP contribution in [0.3, 0.4) is 0 Å². The first-order valence-electron chi connectivity index (χ1n) is 9.65. The molecule has 0 fully saturated rings. The SMILES string of the molecule is Cc1ccc(-c2nc(OC(C)C)nn2-c2ccc(NC(=O)c3cccs3)cc2)cc1. The van der Waals surface area contributed by atoms with E-state index in [1.54, 1.807) is 10.7 Å². The maximum atomic E-state index is 12.3. The van der Waals surface area contributed by atoms with Gasteiger partial charge in [0.05, 0.1) is 16.7 Å². The number of carbonyl (C=O) groups is 1. The molecule has 6 nitrogen and oxygen atoms in total. The van der Waals surface area contributed by atoms with Crippen LogP contribution < -0.4 is 10.1 Å². The summed E-state index contributed by atoms with van der Waals surface area (Å²) in [5.74, 6) is 0.576. The van der Waals surface area contributed by atoms with Crippen molar-refractivity contribution in [3.8, 4) is 23.1 Å². The van der Waals surface area contributed by atoms with E-state index in [0.717, 1.165) is 11.3 Å². The van der Waals surface area contributed by atoms with Gasteiger partial charge < -0.3 is 10.1 Å². The van der Waals surface area contributed by atoms with Crippen LogP contribution in [-0.4, -0.2) is 26.8 Å². The molecule has 0 saturated carbocycles. The molecule has 0 bridgehead atoms. The summed E-state index contributed by atoms with van der Waals surface area (Å²) < 4.78 is 7.48. The number of aromatic nitrogens is 3.